The van der Waals surface area contributed by atoms with Crippen molar-refractivity contribution in [2.45, 2.75) is 58.9 Å². The van der Waals surface area contributed by atoms with Crippen molar-refractivity contribution in [3.8, 4) is 0 Å². The van der Waals surface area contributed by atoms with Crippen LogP contribution in [0.2, 0.25) is 0 Å². The van der Waals surface area contributed by atoms with E-state index in [0.717, 1.165) is 59.6 Å². The van der Waals surface area contributed by atoms with Crippen LogP contribution in [-0.2, 0) is 22.6 Å². The predicted molar refractivity (Wildman–Crippen MR) is 160 cm³/mol. The lowest BCUT2D eigenvalue weighted by atomic mass is 9.88. The number of aromatic nitrogens is 3. The summed E-state index contributed by atoms with van der Waals surface area (Å²) in [6.45, 7) is 9.84. The van der Waals surface area contributed by atoms with Gasteiger partial charge in [0.2, 0.25) is 5.91 Å². The summed E-state index contributed by atoms with van der Waals surface area (Å²) in [6.07, 6.45) is 7.45. The summed E-state index contributed by atoms with van der Waals surface area (Å²) in [6, 6.07) is 14.5. The number of pyridine rings is 1. The van der Waals surface area contributed by atoms with Crippen LogP contribution in [0.15, 0.2) is 54.9 Å². The van der Waals surface area contributed by atoms with E-state index in [1.807, 2.05) is 41.6 Å². The quantitative estimate of drug-likeness (QED) is 0.274. The predicted octanol–water partition coefficient (Wildman–Crippen LogP) is 5.74. The van der Waals surface area contributed by atoms with Crippen molar-refractivity contribution in [2.75, 3.05) is 26.7 Å². The molecule has 1 N–H and O–H groups in total. The Kier molecular flexibility index (Phi) is 8.31. The van der Waals surface area contributed by atoms with E-state index in [1.54, 1.807) is 0 Å². The van der Waals surface area contributed by atoms with Crippen LogP contribution in [0.3, 0.4) is 0 Å². The SMILES string of the molecule is CN(Cc1c(C[C@H](C=O)CC(=O)N2CCC(c3cnc4ccccc4c3)CC2)ccc2[nH]ncc12)CC(C)(C)C. The Bertz CT molecular complexity index is 1480. The molecule has 2 aromatic heterocycles. The molecule has 4 aromatic rings. The summed E-state index contributed by atoms with van der Waals surface area (Å²) in [5.74, 6) is 0.117. The number of H-pyrrole nitrogens is 1. The molecule has 1 amide bonds. The number of fused-ring (bicyclic) bond motifs is 2. The monoisotopic (exact) mass is 539 g/mol. The highest BCUT2D eigenvalue weighted by molar-refractivity contribution is 5.84. The molecule has 1 fully saturated rings. The van der Waals surface area contributed by atoms with Gasteiger partial charge < -0.3 is 14.6 Å². The van der Waals surface area contributed by atoms with Crippen LogP contribution in [-0.4, -0.2) is 63.9 Å². The highest BCUT2D eigenvalue weighted by atomic mass is 16.2. The van der Waals surface area contributed by atoms with E-state index < -0.39 is 0 Å². The van der Waals surface area contributed by atoms with Gasteiger partial charge in [-0.05, 0) is 72.5 Å². The fourth-order valence-electron chi connectivity index (χ4n) is 6.21. The average molecular weight is 540 g/mol. The molecule has 5 rings (SSSR count). The molecule has 7 heteroatoms. The van der Waals surface area contributed by atoms with Gasteiger partial charge in [-0.3, -0.25) is 14.9 Å². The zero-order valence-electron chi connectivity index (χ0n) is 24.2. The maximum Gasteiger partial charge on any atom is 0.223 e. The van der Waals surface area contributed by atoms with Crippen LogP contribution in [0.1, 0.15) is 62.6 Å². The maximum atomic E-state index is 13.3. The summed E-state index contributed by atoms with van der Waals surface area (Å²) >= 11 is 0. The Balaban J connectivity index is 1.23. The first-order valence-electron chi connectivity index (χ1n) is 14.4. The molecule has 0 unspecified atom stereocenters. The molecular weight excluding hydrogens is 498 g/mol. The number of nitrogens with zero attached hydrogens (tertiary/aromatic N) is 4. The Hall–Kier alpha value is -3.58. The second kappa shape index (κ2) is 11.9. The number of nitrogens with one attached hydrogen (secondary N) is 1. The molecule has 210 valence electrons. The van der Waals surface area contributed by atoms with Crippen molar-refractivity contribution in [1.29, 1.82) is 0 Å². The van der Waals surface area contributed by atoms with Gasteiger partial charge in [0.1, 0.15) is 6.29 Å². The molecule has 1 aliphatic heterocycles. The summed E-state index contributed by atoms with van der Waals surface area (Å²) < 4.78 is 0. The van der Waals surface area contributed by atoms with Crippen LogP contribution >= 0.6 is 0 Å². The van der Waals surface area contributed by atoms with Gasteiger partial charge in [-0.25, -0.2) is 0 Å². The second-order valence-electron chi connectivity index (χ2n) is 12.7. The number of hydrogen-bond acceptors (Lipinski definition) is 5. The third kappa shape index (κ3) is 6.58. The Morgan fingerprint density at radius 1 is 1.15 bits per heavy atom. The number of para-hydroxylation sites is 1. The Labute approximate surface area is 237 Å². The third-order valence-corrected chi connectivity index (χ3v) is 8.05. The summed E-state index contributed by atoms with van der Waals surface area (Å²) in [5.41, 5.74) is 5.72. The lowest BCUT2D eigenvalue weighted by Crippen LogP contribution is -2.39. The minimum absolute atomic E-state index is 0.0722. The molecular formula is C33H41N5O2. The van der Waals surface area contributed by atoms with Gasteiger partial charge in [-0.15, -0.1) is 0 Å². The molecule has 1 aliphatic rings. The smallest absolute Gasteiger partial charge is 0.223 e. The number of carbonyl (C=O) groups is 2. The van der Waals surface area contributed by atoms with Gasteiger partial charge in [0, 0.05) is 55.5 Å². The number of rotatable bonds is 9. The molecule has 0 bridgehead atoms. The van der Waals surface area contributed by atoms with Gasteiger partial charge in [-0.2, -0.15) is 5.10 Å². The molecule has 7 nitrogen and oxygen atoms in total. The average Bonchev–Trinajstić information content (AvgIpc) is 3.42. The van der Waals surface area contributed by atoms with Crippen molar-refractivity contribution in [3.05, 3.63) is 71.5 Å². The lowest BCUT2D eigenvalue weighted by molar-refractivity contribution is -0.134. The lowest BCUT2D eigenvalue weighted by Gasteiger charge is -2.33. The van der Waals surface area contributed by atoms with Crippen LogP contribution in [0.25, 0.3) is 21.8 Å². The molecule has 0 radical (unpaired) electrons. The van der Waals surface area contributed by atoms with Gasteiger partial charge in [0.25, 0.3) is 0 Å². The number of amides is 1. The molecule has 1 saturated heterocycles. The molecule has 2 aromatic carbocycles. The number of piperidine rings is 1. The number of hydrogen-bond donors (Lipinski definition) is 1. The van der Waals surface area contributed by atoms with Crippen molar-refractivity contribution in [2.24, 2.45) is 11.3 Å². The first kappa shape index (κ1) is 28.0. The topological polar surface area (TPSA) is 82.2 Å². The molecule has 0 saturated carbocycles. The fourth-order valence-corrected chi connectivity index (χ4v) is 6.21. The van der Waals surface area contributed by atoms with Crippen LogP contribution in [0.4, 0.5) is 0 Å². The summed E-state index contributed by atoms with van der Waals surface area (Å²) in [4.78, 5) is 34.4. The minimum atomic E-state index is -0.356. The van der Waals surface area contributed by atoms with Crippen molar-refractivity contribution >= 4 is 34.0 Å². The molecule has 1 atom stereocenters. The largest absolute Gasteiger partial charge is 0.343 e. The standard InChI is InChI=1S/C33H41N5O2/c1-33(2,3)22-37(4)20-29-25(9-10-31-28(29)19-35-36-31)15-23(21-39)16-32(40)38-13-11-24(12-14-38)27-17-26-7-5-6-8-30(26)34-18-27/h5-10,17-19,21,23-24H,11-16,20,22H2,1-4H3,(H,35,36)/t23-/m0/s1. The first-order valence-corrected chi connectivity index (χ1v) is 14.4. The van der Waals surface area contributed by atoms with Crippen LogP contribution < -0.4 is 0 Å². The molecule has 0 spiro atoms. The maximum absolute atomic E-state index is 13.3. The van der Waals surface area contributed by atoms with E-state index in [1.165, 1.54) is 11.1 Å². The van der Waals surface area contributed by atoms with Gasteiger partial charge >= 0.3 is 0 Å². The van der Waals surface area contributed by atoms with E-state index in [0.29, 0.717) is 25.4 Å². The summed E-state index contributed by atoms with van der Waals surface area (Å²) in [7, 11) is 2.13. The fraction of sp³-hybridized carbons (Fsp3) is 0.455. The molecule has 0 aliphatic carbocycles. The highest BCUT2D eigenvalue weighted by Gasteiger charge is 2.27. The number of benzene rings is 2. The third-order valence-electron chi connectivity index (χ3n) is 8.05. The van der Waals surface area contributed by atoms with Gasteiger partial charge in [-0.1, -0.05) is 45.0 Å². The Morgan fingerprint density at radius 3 is 2.67 bits per heavy atom. The zero-order valence-corrected chi connectivity index (χ0v) is 24.2. The van der Waals surface area contributed by atoms with E-state index in [4.69, 9.17) is 0 Å². The van der Waals surface area contributed by atoms with E-state index in [-0.39, 0.29) is 23.7 Å². The normalized spacial score (nSPS) is 15.7. The van der Waals surface area contributed by atoms with Crippen molar-refractivity contribution < 1.29 is 9.59 Å². The van der Waals surface area contributed by atoms with Gasteiger partial charge in [0.15, 0.2) is 0 Å². The highest BCUT2D eigenvalue weighted by Crippen LogP contribution is 2.31. The number of aromatic amines is 1. The van der Waals surface area contributed by atoms with E-state index in [9.17, 15) is 9.59 Å². The number of aldehydes is 1. The van der Waals surface area contributed by atoms with Crippen LogP contribution in [0, 0.1) is 11.3 Å². The first-order chi connectivity index (χ1) is 19.2. The van der Waals surface area contributed by atoms with Crippen molar-refractivity contribution in [1.82, 2.24) is 25.0 Å². The zero-order chi connectivity index (χ0) is 28.3. The summed E-state index contributed by atoms with van der Waals surface area (Å²) in [5, 5.41) is 9.57. The van der Waals surface area contributed by atoms with E-state index >= 15 is 0 Å². The van der Waals surface area contributed by atoms with E-state index in [2.05, 4.69) is 66.1 Å². The van der Waals surface area contributed by atoms with Crippen molar-refractivity contribution in [3.63, 3.8) is 0 Å². The van der Waals surface area contributed by atoms with Gasteiger partial charge in [0.05, 0.1) is 17.2 Å². The van der Waals surface area contributed by atoms with Crippen LogP contribution in [0.5, 0.6) is 0 Å². The minimum Gasteiger partial charge on any atom is -0.343 e. The molecule has 3 heterocycles. The molecule has 40 heavy (non-hydrogen) atoms. The Morgan fingerprint density at radius 2 is 1.93 bits per heavy atom. The number of carbonyl (C=O) groups excluding carboxylic acids is 2. The number of likely N-dealkylation sites (tertiary alicyclic amines) is 1. The second-order valence-corrected chi connectivity index (χ2v) is 12.7.